The van der Waals surface area contributed by atoms with E-state index in [4.69, 9.17) is 9.47 Å². The van der Waals surface area contributed by atoms with Crippen LogP contribution >= 0.6 is 0 Å². The van der Waals surface area contributed by atoms with Gasteiger partial charge in [-0.2, -0.15) is 0 Å². The van der Waals surface area contributed by atoms with E-state index in [1.165, 1.54) is 0 Å². The molecule has 2 heterocycles. The molecule has 0 saturated heterocycles. The van der Waals surface area contributed by atoms with Crippen LogP contribution < -0.4 is 10.6 Å². The van der Waals surface area contributed by atoms with Crippen molar-refractivity contribution in [3.8, 4) is 0 Å². The van der Waals surface area contributed by atoms with E-state index in [-0.39, 0.29) is 30.3 Å². The normalized spacial score (nSPS) is 27.8. The number of alkyl carbamates (subject to hydrolysis) is 1. The zero-order valence-electron chi connectivity index (χ0n) is 22.3. The van der Waals surface area contributed by atoms with Crippen molar-refractivity contribution in [3.05, 3.63) is 59.9 Å². The molecule has 4 aliphatic carbocycles. The molecule has 1 aromatic carbocycles. The molecule has 2 atom stereocenters. The number of benzene rings is 1. The van der Waals surface area contributed by atoms with E-state index in [1.54, 1.807) is 6.20 Å². The number of rotatable bonds is 6. The third-order valence-corrected chi connectivity index (χ3v) is 8.37. The van der Waals surface area contributed by atoms with Crippen molar-refractivity contribution in [2.75, 3.05) is 5.32 Å². The number of amides is 1. The molecule has 2 unspecified atom stereocenters. The number of aromatic nitrogens is 2. The maximum Gasteiger partial charge on any atom is 0.408 e. The summed E-state index contributed by atoms with van der Waals surface area (Å²) in [5.74, 6) is 0.998. The van der Waals surface area contributed by atoms with Crippen LogP contribution in [0, 0.1) is 17.8 Å². The number of carbonyl (C=O) groups is 2. The first kappa shape index (κ1) is 24.8. The third kappa shape index (κ3) is 4.84. The molecule has 38 heavy (non-hydrogen) atoms. The third-order valence-electron chi connectivity index (χ3n) is 8.37. The fourth-order valence-corrected chi connectivity index (χ4v) is 7.22. The van der Waals surface area contributed by atoms with Crippen LogP contribution in [0.3, 0.4) is 0 Å². The zero-order chi connectivity index (χ0) is 26.5. The predicted molar refractivity (Wildman–Crippen MR) is 145 cm³/mol. The van der Waals surface area contributed by atoms with Crippen LogP contribution in [-0.2, 0) is 16.1 Å². The summed E-state index contributed by atoms with van der Waals surface area (Å²) < 4.78 is 11.3. The lowest BCUT2D eigenvalue weighted by Crippen LogP contribution is -2.65. The van der Waals surface area contributed by atoms with Crippen molar-refractivity contribution in [2.24, 2.45) is 17.8 Å². The summed E-state index contributed by atoms with van der Waals surface area (Å²) in [4.78, 5) is 33.6. The lowest BCUT2D eigenvalue weighted by molar-refractivity contribution is -0.0348. The van der Waals surface area contributed by atoms with Gasteiger partial charge >= 0.3 is 12.1 Å². The van der Waals surface area contributed by atoms with Gasteiger partial charge in [0.25, 0.3) is 0 Å². The number of fused-ring (bicyclic) bond motifs is 1. The van der Waals surface area contributed by atoms with Gasteiger partial charge in [0.1, 0.15) is 23.4 Å². The van der Waals surface area contributed by atoms with Crippen molar-refractivity contribution in [2.45, 2.75) is 76.7 Å². The number of hydrogen-bond acceptors (Lipinski definition) is 6. The fourth-order valence-electron chi connectivity index (χ4n) is 7.22. The molecule has 7 rings (SSSR count). The summed E-state index contributed by atoms with van der Waals surface area (Å²) >= 11 is 0. The van der Waals surface area contributed by atoms with Crippen molar-refractivity contribution in [1.29, 1.82) is 0 Å². The highest BCUT2D eigenvalue weighted by molar-refractivity contribution is 6.04. The number of carbonyl (C=O) groups excluding carboxylic acids is 2. The van der Waals surface area contributed by atoms with Gasteiger partial charge in [0.15, 0.2) is 0 Å². The summed E-state index contributed by atoms with van der Waals surface area (Å²) in [6, 6.07) is 11.9. The maximum absolute atomic E-state index is 13.3. The number of H-pyrrole nitrogens is 1. The quantitative estimate of drug-likeness (QED) is 0.358. The molecule has 0 aliphatic heterocycles. The van der Waals surface area contributed by atoms with Gasteiger partial charge in [-0.3, -0.25) is 0 Å². The Morgan fingerprint density at radius 1 is 1.08 bits per heavy atom. The van der Waals surface area contributed by atoms with Gasteiger partial charge in [0.2, 0.25) is 0 Å². The van der Waals surface area contributed by atoms with Crippen LogP contribution in [0.2, 0.25) is 0 Å². The molecule has 4 bridgehead atoms. The molecule has 200 valence electrons. The molecule has 4 fully saturated rings. The predicted octanol–water partition coefficient (Wildman–Crippen LogP) is 5.80. The maximum atomic E-state index is 13.3. The first-order valence-electron chi connectivity index (χ1n) is 13.6. The van der Waals surface area contributed by atoms with Crippen LogP contribution in [0.15, 0.2) is 48.8 Å². The molecule has 0 spiro atoms. The van der Waals surface area contributed by atoms with Crippen LogP contribution in [-0.4, -0.2) is 39.2 Å². The Labute approximate surface area is 222 Å². The molecular weight excluding hydrogens is 480 g/mol. The van der Waals surface area contributed by atoms with Crippen LogP contribution in [0.25, 0.3) is 11.0 Å². The number of nitrogens with zero attached hydrogens (tertiary/aromatic N) is 1. The number of hydrogen-bond donors (Lipinski definition) is 3. The Balaban J connectivity index is 1.23. The van der Waals surface area contributed by atoms with Gasteiger partial charge in [-0.05, 0) is 82.3 Å². The summed E-state index contributed by atoms with van der Waals surface area (Å²) in [6.45, 7) is 5.89. The van der Waals surface area contributed by atoms with Crippen molar-refractivity contribution in [3.63, 3.8) is 0 Å². The molecule has 0 radical (unpaired) electrons. The van der Waals surface area contributed by atoms with E-state index in [0.29, 0.717) is 23.3 Å². The Hall–Kier alpha value is -3.55. The zero-order valence-corrected chi connectivity index (χ0v) is 22.3. The lowest BCUT2D eigenvalue weighted by Gasteiger charge is -2.60. The van der Waals surface area contributed by atoms with E-state index < -0.39 is 5.60 Å². The molecular formula is C30H36N4O4. The molecule has 8 nitrogen and oxygen atoms in total. The summed E-state index contributed by atoms with van der Waals surface area (Å²) in [5, 5.41) is 7.96. The average Bonchev–Trinajstić information content (AvgIpc) is 3.33. The average molecular weight is 517 g/mol. The largest absolute Gasteiger partial charge is 0.457 e. The molecule has 4 saturated carbocycles. The Morgan fingerprint density at radius 3 is 2.53 bits per heavy atom. The standard InChI is InChI=1S/C30H36N4O4/c1-29(2,3)38-28(36)34-30-13-19-11-20(14-30)24(21(12-19)15-30)33-25-22-9-10-31-26(22)32-16-23(25)27(35)37-17-18-7-5-4-6-8-18/h4-10,16,19-21,24H,11-15,17H2,1-3H3,(H,34,36)(H2,31,32,33). The van der Waals surface area contributed by atoms with E-state index in [1.807, 2.05) is 63.4 Å². The van der Waals surface area contributed by atoms with E-state index >= 15 is 0 Å². The first-order valence-corrected chi connectivity index (χ1v) is 13.6. The summed E-state index contributed by atoms with van der Waals surface area (Å²) in [5.41, 5.74) is 2.17. The summed E-state index contributed by atoms with van der Waals surface area (Å²) in [7, 11) is 0. The summed E-state index contributed by atoms with van der Waals surface area (Å²) in [6.07, 6.45) is 8.21. The molecule has 3 N–H and O–H groups in total. The second-order valence-electron chi connectivity index (χ2n) is 12.4. The molecule has 3 aromatic rings. The molecule has 1 amide bonds. The molecule has 4 aliphatic rings. The van der Waals surface area contributed by atoms with Crippen LogP contribution in [0.4, 0.5) is 10.5 Å². The minimum absolute atomic E-state index is 0.208. The van der Waals surface area contributed by atoms with Gasteiger partial charge in [-0.1, -0.05) is 30.3 Å². The number of anilines is 1. The Kier molecular flexibility index (Phi) is 6.08. The number of aromatic amines is 1. The number of nitrogens with one attached hydrogen (secondary N) is 3. The van der Waals surface area contributed by atoms with Gasteiger partial charge in [0.05, 0.1) is 5.69 Å². The van der Waals surface area contributed by atoms with Crippen molar-refractivity contribution < 1.29 is 19.1 Å². The Bertz CT molecular complexity index is 1330. The number of pyridine rings is 1. The van der Waals surface area contributed by atoms with Gasteiger partial charge in [-0.25, -0.2) is 14.6 Å². The minimum atomic E-state index is -0.523. The van der Waals surface area contributed by atoms with Crippen molar-refractivity contribution in [1.82, 2.24) is 15.3 Å². The van der Waals surface area contributed by atoms with Crippen LogP contribution in [0.1, 0.15) is 68.8 Å². The SMILES string of the molecule is CC(C)(C)OC(=O)NC12CC3CC(C1)C(Nc1c(C(=O)OCc4ccccc4)cnc4[nH]ccc14)C(C3)C2. The minimum Gasteiger partial charge on any atom is -0.457 e. The van der Waals surface area contributed by atoms with Gasteiger partial charge < -0.3 is 25.1 Å². The smallest absolute Gasteiger partial charge is 0.408 e. The van der Waals surface area contributed by atoms with E-state index in [0.717, 1.165) is 54.4 Å². The Morgan fingerprint density at radius 2 is 1.82 bits per heavy atom. The van der Waals surface area contributed by atoms with Crippen molar-refractivity contribution >= 4 is 28.8 Å². The second-order valence-corrected chi connectivity index (χ2v) is 12.4. The van der Waals surface area contributed by atoms with E-state index in [2.05, 4.69) is 20.6 Å². The topological polar surface area (TPSA) is 105 Å². The van der Waals surface area contributed by atoms with E-state index in [9.17, 15) is 9.59 Å². The lowest BCUT2D eigenvalue weighted by atomic mass is 9.51. The first-order chi connectivity index (χ1) is 18.2. The van der Waals surface area contributed by atoms with Gasteiger partial charge in [0, 0.05) is 29.4 Å². The highest BCUT2D eigenvalue weighted by atomic mass is 16.6. The fraction of sp³-hybridized carbons (Fsp3) is 0.500. The molecule has 2 aromatic heterocycles. The highest BCUT2D eigenvalue weighted by Crippen LogP contribution is 2.56. The number of ether oxygens (including phenoxy) is 2. The van der Waals surface area contributed by atoms with Gasteiger partial charge in [-0.15, -0.1) is 0 Å². The highest BCUT2D eigenvalue weighted by Gasteiger charge is 2.56. The molecule has 8 heteroatoms. The van der Waals surface area contributed by atoms with Crippen LogP contribution in [0.5, 0.6) is 0 Å². The second kappa shape index (κ2) is 9.33. The monoisotopic (exact) mass is 516 g/mol. The number of esters is 1.